The highest BCUT2D eigenvalue weighted by Gasteiger charge is 2.31. The van der Waals surface area contributed by atoms with Crippen molar-refractivity contribution in [1.29, 1.82) is 0 Å². The molecule has 2 heteroatoms. The SMILES string of the molecule is C=CCCCC(NC)C(C)(CC)OCC. The van der Waals surface area contributed by atoms with Crippen LogP contribution in [-0.4, -0.2) is 25.3 Å². The molecule has 15 heavy (non-hydrogen) atoms. The molecule has 90 valence electrons. The molecule has 2 nitrogen and oxygen atoms in total. The Hall–Kier alpha value is -0.340. The van der Waals surface area contributed by atoms with Crippen molar-refractivity contribution in [3.05, 3.63) is 12.7 Å². The van der Waals surface area contributed by atoms with Crippen LogP contribution in [0.1, 0.15) is 46.5 Å². The fourth-order valence-electron chi connectivity index (χ4n) is 2.00. The van der Waals surface area contributed by atoms with E-state index in [1.807, 2.05) is 13.1 Å². The van der Waals surface area contributed by atoms with Crippen molar-refractivity contribution in [3.63, 3.8) is 0 Å². The second kappa shape index (κ2) is 7.89. The molecule has 0 bridgehead atoms. The maximum absolute atomic E-state index is 5.87. The number of nitrogens with one attached hydrogen (secondary N) is 1. The summed E-state index contributed by atoms with van der Waals surface area (Å²) in [5, 5.41) is 3.38. The van der Waals surface area contributed by atoms with Gasteiger partial charge in [0.25, 0.3) is 0 Å². The molecule has 2 atom stereocenters. The molecule has 0 aliphatic carbocycles. The third-order valence-electron chi connectivity index (χ3n) is 3.16. The van der Waals surface area contributed by atoms with E-state index in [-0.39, 0.29) is 5.60 Å². The zero-order valence-electron chi connectivity index (χ0n) is 10.8. The topological polar surface area (TPSA) is 21.3 Å². The van der Waals surface area contributed by atoms with Crippen LogP contribution < -0.4 is 5.32 Å². The first kappa shape index (κ1) is 14.7. The van der Waals surface area contributed by atoms with Gasteiger partial charge in [0.1, 0.15) is 0 Å². The molecule has 0 aliphatic heterocycles. The quantitative estimate of drug-likeness (QED) is 0.469. The van der Waals surface area contributed by atoms with E-state index in [1.165, 1.54) is 6.42 Å². The van der Waals surface area contributed by atoms with Crippen molar-refractivity contribution >= 4 is 0 Å². The van der Waals surface area contributed by atoms with Crippen molar-refractivity contribution in [2.75, 3.05) is 13.7 Å². The molecule has 0 saturated heterocycles. The van der Waals surface area contributed by atoms with E-state index in [4.69, 9.17) is 4.74 Å². The van der Waals surface area contributed by atoms with Crippen LogP contribution in [0, 0.1) is 0 Å². The molecule has 0 aliphatic rings. The van der Waals surface area contributed by atoms with E-state index in [0.717, 1.165) is 25.9 Å². The Morgan fingerprint density at radius 1 is 1.47 bits per heavy atom. The fraction of sp³-hybridized carbons (Fsp3) is 0.846. The van der Waals surface area contributed by atoms with Crippen LogP contribution >= 0.6 is 0 Å². The molecule has 0 aromatic heterocycles. The summed E-state index contributed by atoms with van der Waals surface area (Å²) in [6.07, 6.45) is 6.44. The highest BCUT2D eigenvalue weighted by atomic mass is 16.5. The first-order valence-corrected chi connectivity index (χ1v) is 6.06. The number of hydrogen-bond donors (Lipinski definition) is 1. The van der Waals surface area contributed by atoms with E-state index in [2.05, 4.69) is 32.7 Å². The van der Waals surface area contributed by atoms with Gasteiger partial charge >= 0.3 is 0 Å². The maximum atomic E-state index is 5.87. The minimum Gasteiger partial charge on any atom is -0.374 e. The number of hydrogen-bond acceptors (Lipinski definition) is 2. The summed E-state index contributed by atoms with van der Waals surface area (Å²) in [4.78, 5) is 0. The van der Waals surface area contributed by atoms with Crippen LogP contribution in [0.4, 0.5) is 0 Å². The molecule has 0 spiro atoms. The molecule has 0 aromatic carbocycles. The smallest absolute Gasteiger partial charge is 0.0803 e. The fourth-order valence-corrected chi connectivity index (χ4v) is 2.00. The Labute approximate surface area is 95.1 Å². The second-order valence-corrected chi connectivity index (χ2v) is 4.16. The van der Waals surface area contributed by atoms with Gasteiger partial charge in [0, 0.05) is 12.6 Å². The van der Waals surface area contributed by atoms with Gasteiger partial charge in [-0.25, -0.2) is 0 Å². The minimum absolute atomic E-state index is 0.0370. The minimum atomic E-state index is -0.0370. The van der Waals surface area contributed by atoms with Crippen LogP contribution in [-0.2, 0) is 4.74 Å². The lowest BCUT2D eigenvalue weighted by Gasteiger charge is -2.36. The molecule has 2 unspecified atom stereocenters. The van der Waals surface area contributed by atoms with Crippen molar-refractivity contribution in [2.24, 2.45) is 0 Å². The molecule has 0 amide bonds. The molecular weight excluding hydrogens is 186 g/mol. The lowest BCUT2D eigenvalue weighted by atomic mass is 9.89. The molecule has 0 rings (SSSR count). The summed E-state index contributed by atoms with van der Waals surface area (Å²) in [6, 6.07) is 0.433. The van der Waals surface area contributed by atoms with Gasteiger partial charge in [-0.1, -0.05) is 13.0 Å². The van der Waals surface area contributed by atoms with E-state index in [1.54, 1.807) is 0 Å². The normalized spacial score (nSPS) is 17.1. The Morgan fingerprint density at radius 3 is 2.53 bits per heavy atom. The van der Waals surface area contributed by atoms with Crippen molar-refractivity contribution < 1.29 is 4.74 Å². The van der Waals surface area contributed by atoms with Crippen molar-refractivity contribution in [3.8, 4) is 0 Å². The zero-order chi connectivity index (χ0) is 11.7. The second-order valence-electron chi connectivity index (χ2n) is 4.16. The molecular formula is C13H27NO. The molecule has 0 heterocycles. The molecule has 0 aromatic rings. The average Bonchev–Trinajstić information content (AvgIpc) is 2.24. The summed E-state index contributed by atoms with van der Waals surface area (Å²) in [5.74, 6) is 0. The Balaban J connectivity index is 4.25. The van der Waals surface area contributed by atoms with Crippen LogP contribution in [0.5, 0.6) is 0 Å². The van der Waals surface area contributed by atoms with Gasteiger partial charge < -0.3 is 10.1 Å². The van der Waals surface area contributed by atoms with Gasteiger partial charge in [-0.15, -0.1) is 6.58 Å². The Kier molecular flexibility index (Phi) is 7.71. The number of rotatable bonds is 9. The standard InChI is InChI=1S/C13H27NO/c1-6-9-10-11-12(14-5)13(4,7-2)15-8-3/h6,12,14H,1,7-11H2,2-5H3. The number of allylic oxidation sites excluding steroid dienone is 1. The van der Waals surface area contributed by atoms with Crippen LogP contribution in [0.2, 0.25) is 0 Å². The monoisotopic (exact) mass is 213 g/mol. The predicted molar refractivity (Wildman–Crippen MR) is 67.2 cm³/mol. The summed E-state index contributed by atoms with van der Waals surface area (Å²) >= 11 is 0. The average molecular weight is 213 g/mol. The van der Waals surface area contributed by atoms with Gasteiger partial charge in [-0.05, 0) is 46.6 Å². The highest BCUT2D eigenvalue weighted by molar-refractivity contribution is 4.88. The maximum Gasteiger partial charge on any atom is 0.0803 e. The first-order chi connectivity index (χ1) is 7.14. The molecule has 0 radical (unpaired) electrons. The zero-order valence-corrected chi connectivity index (χ0v) is 10.8. The summed E-state index contributed by atoms with van der Waals surface area (Å²) in [5.41, 5.74) is -0.0370. The number of unbranched alkanes of at least 4 members (excludes halogenated alkanes) is 1. The van der Waals surface area contributed by atoms with Crippen LogP contribution in [0.3, 0.4) is 0 Å². The van der Waals surface area contributed by atoms with Gasteiger partial charge in [-0.3, -0.25) is 0 Å². The van der Waals surface area contributed by atoms with Crippen molar-refractivity contribution in [2.45, 2.75) is 58.1 Å². The third-order valence-corrected chi connectivity index (χ3v) is 3.16. The van der Waals surface area contributed by atoms with Crippen molar-refractivity contribution in [1.82, 2.24) is 5.32 Å². The number of ether oxygens (including phenoxy) is 1. The van der Waals surface area contributed by atoms with Crippen LogP contribution in [0.25, 0.3) is 0 Å². The largest absolute Gasteiger partial charge is 0.374 e. The predicted octanol–water partition coefficient (Wildman–Crippen LogP) is 3.14. The highest BCUT2D eigenvalue weighted by Crippen LogP contribution is 2.23. The third kappa shape index (κ3) is 4.80. The van der Waals surface area contributed by atoms with E-state index < -0.39 is 0 Å². The summed E-state index contributed by atoms with van der Waals surface area (Å²) < 4.78 is 5.87. The summed E-state index contributed by atoms with van der Waals surface area (Å²) in [6.45, 7) is 11.0. The van der Waals surface area contributed by atoms with E-state index in [0.29, 0.717) is 6.04 Å². The van der Waals surface area contributed by atoms with Gasteiger partial charge in [0.05, 0.1) is 5.60 Å². The molecule has 0 fully saturated rings. The lowest BCUT2D eigenvalue weighted by Crippen LogP contribution is -2.49. The molecule has 0 saturated carbocycles. The van der Waals surface area contributed by atoms with Crippen LogP contribution in [0.15, 0.2) is 12.7 Å². The van der Waals surface area contributed by atoms with E-state index >= 15 is 0 Å². The first-order valence-electron chi connectivity index (χ1n) is 6.06. The molecule has 1 N–H and O–H groups in total. The van der Waals surface area contributed by atoms with E-state index in [9.17, 15) is 0 Å². The van der Waals surface area contributed by atoms with Gasteiger partial charge in [-0.2, -0.15) is 0 Å². The Morgan fingerprint density at radius 2 is 2.13 bits per heavy atom. The van der Waals surface area contributed by atoms with Gasteiger partial charge in [0.15, 0.2) is 0 Å². The lowest BCUT2D eigenvalue weighted by molar-refractivity contribution is -0.0556. The Bertz CT molecular complexity index is 170. The number of likely N-dealkylation sites (N-methyl/N-ethyl adjacent to an activating group) is 1. The van der Waals surface area contributed by atoms with Gasteiger partial charge in [0.2, 0.25) is 0 Å². The summed E-state index contributed by atoms with van der Waals surface area (Å²) in [7, 11) is 2.02.